The number of hydrogen-bond acceptors (Lipinski definition) is 5. The molecular formula is C16H10Cl2F3NO5S. The monoisotopic (exact) mass is 455 g/mol. The molecule has 0 saturated carbocycles. The molecule has 0 radical (unpaired) electrons. The molecule has 6 nitrogen and oxygen atoms in total. The Kier molecular flexibility index (Phi) is 7.05. The molecule has 0 aliphatic carbocycles. The summed E-state index contributed by atoms with van der Waals surface area (Å²) in [5.74, 6) is -7.29. The summed E-state index contributed by atoms with van der Waals surface area (Å²) in [5.41, 5.74) is 0.103. The number of rotatable bonds is 7. The van der Waals surface area contributed by atoms with Gasteiger partial charge in [-0.1, -0.05) is 23.2 Å². The second-order valence-corrected chi connectivity index (χ2v) is 7.76. The molecule has 0 heterocycles. The molecule has 0 amide bonds. The van der Waals surface area contributed by atoms with Crippen molar-refractivity contribution in [2.24, 2.45) is 0 Å². The largest absolute Gasteiger partial charge is 0.456 e. The molecule has 0 atom stereocenters. The van der Waals surface area contributed by atoms with Gasteiger partial charge in [0.1, 0.15) is 11.4 Å². The zero-order valence-electron chi connectivity index (χ0n) is 13.6. The molecule has 150 valence electrons. The van der Waals surface area contributed by atoms with Gasteiger partial charge in [0, 0.05) is 5.56 Å². The van der Waals surface area contributed by atoms with Crippen LogP contribution in [0.2, 0.25) is 10.0 Å². The fourth-order valence-electron chi connectivity index (χ4n) is 1.90. The zero-order chi connectivity index (χ0) is 21.1. The Hall–Kier alpha value is -2.14. The fourth-order valence-corrected chi connectivity index (χ4v) is 3.23. The van der Waals surface area contributed by atoms with Crippen LogP contribution in [0.5, 0.6) is 0 Å². The van der Waals surface area contributed by atoms with Crippen molar-refractivity contribution in [2.45, 2.75) is 4.90 Å². The first-order chi connectivity index (χ1) is 13.0. The molecule has 12 heteroatoms. The minimum absolute atomic E-state index is 0.103. The molecule has 2 rings (SSSR count). The number of hydrogen-bond donors (Lipinski definition) is 1. The number of benzene rings is 2. The topological polar surface area (TPSA) is 89.5 Å². The standard InChI is InChI=1S/C16H10Cl2F3NO5S/c17-9-2-1-8(5-10(9)18)12(23)7-27-14(24)6-22-28(25,26)13-4-3-11(19)15(20)16(13)21/h1-5,22H,6-7H2. The van der Waals surface area contributed by atoms with E-state index in [0.29, 0.717) is 12.1 Å². The summed E-state index contributed by atoms with van der Waals surface area (Å²) >= 11 is 11.5. The quantitative estimate of drug-likeness (QED) is 0.393. The summed E-state index contributed by atoms with van der Waals surface area (Å²) in [5, 5.41) is 0.328. The van der Waals surface area contributed by atoms with Crippen molar-refractivity contribution in [2.75, 3.05) is 13.2 Å². The Labute approximate surface area is 167 Å². The maximum Gasteiger partial charge on any atom is 0.321 e. The highest BCUT2D eigenvalue weighted by Gasteiger charge is 2.25. The van der Waals surface area contributed by atoms with Crippen LogP contribution in [0, 0.1) is 17.5 Å². The lowest BCUT2D eigenvalue weighted by molar-refractivity contribution is -0.141. The molecule has 0 saturated heterocycles. The van der Waals surface area contributed by atoms with E-state index >= 15 is 0 Å². The van der Waals surface area contributed by atoms with Crippen LogP contribution >= 0.6 is 23.2 Å². The maximum absolute atomic E-state index is 13.6. The SMILES string of the molecule is O=C(CNS(=O)(=O)c1ccc(F)c(F)c1F)OCC(=O)c1ccc(Cl)c(Cl)c1. The Morgan fingerprint density at radius 3 is 2.32 bits per heavy atom. The van der Waals surface area contributed by atoms with Gasteiger partial charge in [-0.25, -0.2) is 21.6 Å². The van der Waals surface area contributed by atoms with Crippen LogP contribution in [0.4, 0.5) is 13.2 Å². The van der Waals surface area contributed by atoms with Gasteiger partial charge in [-0.3, -0.25) is 9.59 Å². The molecule has 0 aliphatic heterocycles. The lowest BCUT2D eigenvalue weighted by Gasteiger charge is -2.09. The van der Waals surface area contributed by atoms with Crippen LogP contribution in [0.3, 0.4) is 0 Å². The van der Waals surface area contributed by atoms with Gasteiger partial charge in [-0.2, -0.15) is 4.72 Å². The van der Waals surface area contributed by atoms with Gasteiger partial charge in [0.25, 0.3) is 0 Å². The minimum atomic E-state index is -4.68. The van der Waals surface area contributed by atoms with Crippen molar-refractivity contribution in [3.05, 3.63) is 63.4 Å². The van der Waals surface area contributed by atoms with E-state index in [-0.39, 0.29) is 15.6 Å². The fraction of sp³-hybridized carbons (Fsp3) is 0.125. The molecule has 0 unspecified atom stereocenters. The van der Waals surface area contributed by atoms with Gasteiger partial charge in [0.15, 0.2) is 29.8 Å². The summed E-state index contributed by atoms with van der Waals surface area (Å²) < 4.78 is 69.7. The van der Waals surface area contributed by atoms with E-state index in [1.807, 2.05) is 0 Å². The number of halogens is 5. The summed E-state index contributed by atoms with van der Waals surface area (Å²) in [6.45, 7) is -1.70. The van der Waals surface area contributed by atoms with Crippen LogP contribution in [-0.2, 0) is 19.6 Å². The van der Waals surface area contributed by atoms with Crippen LogP contribution in [0.25, 0.3) is 0 Å². The van der Waals surface area contributed by atoms with Crippen LogP contribution in [0.1, 0.15) is 10.4 Å². The van der Waals surface area contributed by atoms with Crippen molar-refractivity contribution >= 4 is 45.0 Å². The first-order valence-corrected chi connectivity index (χ1v) is 9.54. The van der Waals surface area contributed by atoms with Gasteiger partial charge < -0.3 is 4.74 Å². The highest BCUT2D eigenvalue weighted by atomic mass is 35.5. The predicted octanol–water partition coefficient (Wildman–Crippen LogP) is 3.12. The molecular weight excluding hydrogens is 446 g/mol. The van der Waals surface area contributed by atoms with Crippen LogP contribution in [-0.4, -0.2) is 33.3 Å². The highest BCUT2D eigenvalue weighted by Crippen LogP contribution is 2.23. The van der Waals surface area contributed by atoms with E-state index in [0.717, 1.165) is 0 Å². The van der Waals surface area contributed by atoms with Crippen LogP contribution in [0.15, 0.2) is 35.2 Å². The zero-order valence-corrected chi connectivity index (χ0v) is 16.0. The smallest absolute Gasteiger partial charge is 0.321 e. The number of ether oxygens (including phenoxy) is 1. The number of ketones is 1. The lowest BCUT2D eigenvalue weighted by Crippen LogP contribution is -2.32. The third kappa shape index (κ3) is 5.22. The Morgan fingerprint density at radius 1 is 1.00 bits per heavy atom. The van der Waals surface area contributed by atoms with E-state index in [1.165, 1.54) is 18.2 Å². The second kappa shape index (κ2) is 8.91. The minimum Gasteiger partial charge on any atom is -0.456 e. The molecule has 0 spiro atoms. The number of esters is 1. The lowest BCUT2D eigenvalue weighted by atomic mass is 10.1. The first-order valence-electron chi connectivity index (χ1n) is 7.30. The molecule has 2 aromatic rings. The van der Waals surface area contributed by atoms with Crippen molar-refractivity contribution in [3.63, 3.8) is 0 Å². The molecule has 0 aromatic heterocycles. The van der Waals surface area contributed by atoms with E-state index in [1.54, 1.807) is 4.72 Å². The van der Waals surface area contributed by atoms with Gasteiger partial charge in [0.05, 0.1) is 10.0 Å². The Morgan fingerprint density at radius 2 is 1.68 bits per heavy atom. The van der Waals surface area contributed by atoms with Gasteiger partial charge in [0.2, 0.25) is 10.0 Å². The van der Waals surface area contributed by atoms with Crippen molar-refractivity contribution < 1.29 is 35.9 Å². The Bertz CT molecular complexity index is 1050. The van der Waals surface area contributed by atoms with Crippen LogP contribution < -0.4 is 4.72 Å². The maximum atomic E-state index is 13.6. The first kappa shape index (κ1) is 22.2. The second-order valence-electron chi connectivity index (χ2n) is 5.21. The number of nitrogens with one attached hydrogen (secondary N) is 1. The van der Waals surface area contributed by atoms with Gasteiger partial charge in [-0.15, -0.1) is 0 Å². The highest BCUT2D eigenvalue weighted by molar-refractivity contribution is 7.89. The molecule has 28 heavy (non-hydrogen) atoms. The molecule has 2 aromatic carbocycles. The summed E-state index contributed by atoms with van der Waals surface area (Å²) in [4.78, 5) is 22.3. The number of sulfonamides is 1. The molecule has 0 fully saturated rings. The molecule has 0 aliphatic rings. The number of carbonyl (C=O) groups is 2. The van der Waals surface area contributed by atoms with E-state index in [9.17, 15) is 31.2 Å². The number of carbonyl (C=O) groups excluding carboxylic acids is 2. The average Bonchev–Trinajstić information content (AvgIpc) is 2.64. The third-order valence-corrected chi connectivity index (χ3v) is 5.46. The van der Waals surface area contributed by atoms with Gasteiger partial charge in [-0.05, 0) is 30.3 Å². The van der Waals surface area contributed by atoms with E-state index in [4.69, 9.17) is 23.2 Å². The van der Waals surface area contributed by atoms with Crippen molar-refractivity contribution in [3.8, 4) is 0 Å². The summed E-state index contributed by atoms with van der Waals surface area (Å²) in [7, 11) is -4.68. The Balaban J connectivity index is 1.95. The predicted molar refractivity (Wildman–Crippen MR) is 93.3 cm³/mol. The average molecular weight is 456 g/mol. The molecule has 1 N–H and O–H groups in total. The number of Topliss-reactive ketones (excluding diaryl/α,β-unsaturated/α-hetero) is 1. The van der Waals surface area contributed by atoms with Crippen molar-refractivity contribution in [1.82, 2.24) is 4.72 Å². The van der Waals surface area contributed by atoms with Crippen molar-refractivity contribution in [1.29, 1.82) is 0 Å². The third-order valence-electron chi connectivity index (χ3n) is 3.30. The van der Waals surface area contributed by atoms with Gasteiger partial charge >= 0.3 is 5.97 Å². The normalized spacial score (nSPS) is 11.3. The van der Waals surface area contributed by atoms with E-state index in [2.05, 4.69) is 4.74 Å². The summed E-state index contributed by atoms with van der Waals surface area (Å²) in [6.07, 6.45) is 0. The van der Waals surface area contributed by atoms with E-state index < -0.39 is 57.3 Å². The molecule has 0 bridgehead atoms. The summed E-state index contributed by atoms with van der Waals surface area (Å²) in [6, 6.07) is 4.88.